The maximum absolute atomic E-state index is 13.6. The highest BCUT2D eigenvalue weighted by Gasteiger charge is 2.55. The number of nitrogens with zero attached hydrogens (tertiary/aromatic N) is 3. The minimum Gasteiger partial charge on any atom is -0.447 e. The molecular formula is C36H40N4O8. The molecule has 0 spiro atoms. The Hall–Kier alpha value is -4.20. The van der Waals surface area contributed by atoms with Crippen LogP contribution in [0.4, 0.5) is 4.79 Å². The van der Waals surface area contributed by atoms with Gasteiger partial charge in [-0.2, -0.15) is 0 Å². The van der Waals surface area contributed by atoms with Crippen LogP contribution in [0.1, 0.15) is 35.5 Å². The normalized spacial score (nSPS) is 22.9. The van der Waals surface area contributed by atoms with E-state index in [0.29, 0.717) is 39.4 Å². The van der Waals surface area contributed by atoms with Crippen LogP contribution >= 0.6 is 0 Å². The quantitative estimate of drug-likeness (QED) is 0.200. The zero-order valence-corrected chi connectivity index (χ0v) is 27.6. The number of benzene rings is 3. The minimum atomic E-state index is -1.04. The van der Waals surface area contributed by atoms with Gasteiger partial charge in [-0.05, 0) is 24.6 Å². The average Bonchev–Trinajstić information content (AvgIpc) is 3.74. The van der Waals surface area contributed by atoms with E-state index in [2.05, 4.69) is 38.7 Å². The third-order valence-electron chi connectivity index (χ3n) is 10.2. The van der Waals surface area contributed by atoms with E-state index >= 15 is 0 Å². The second-order valence-corrected chi connectivity index (χ2v) is 12.8. The third-order valence-corrected chi connectivity index (χ3v) is 10.2. The van der Waals surface area contributed by atoms with Gasteiger partial charge in [-0.1, -0.05) is 36.4 Å². The number of likely N-dealkylation sites (N-methyl/N-ethyl adjacent to an activating group) is 1. The molecule has 3 aliphatic heterocycles. The van der Waals surface area contributed by atoms with Crippen LogP contribution in [0.15, 0.2) is 48.5 Å². The van der Waals surface area contributed by atoms with E-state index in [-0.39, 0.29) is 19.1 Å². The van der Waals surface area contributed by atoms with Crippen LogP contribution in [0.25, 0.3) is 43.6 Å². The summed E-state index contributed by atoms with van der Waals surface area (Å²) in [6.07, 6.45) is -1.07. The molecule has 0 saturated carbocycles. The summed E-state index contributed by atoms with van der Waals surface area (Å²) in [5, 5.41) is 7.11. The van der Waals surface area contributed by atoms with Gasteiger partial charge < -0.3 is 47.8 Å². The van der Waals surface area contributed by atoms with Gasteiger partial charge in [0.2, 0.25) is 0 Å². The van der Waals surface area contributed by atoms with Gasteiger partial charge in [-0.3, -0.25) is 4.79 Å². The van der Waals surface area contributed by atoms with E-state index in [0.717, 1.165) is 54.7 Å². The summed E-state index contributed by atoms with van der Waals surface area (Å²) in [5.74, 6) is -0.0660. The minimum absolute atomic E-state index is 0.0660. The van der Waals surface area contributed by atoms with Crippen molar-refractivity contribution in [1.29, 1.82) is 0 Å². The molecule has 4 unspecified atom stereocenters. The molecule has 2 aromatic heterocycles. The van der Waals surface area contributed by atoms with Crippen molar-refractivity contribution >= 4 is 55.6 Å². The van der Waals surface area contributed by atoms with Crippen LogP contribution in [0.2, 0.25) is 0 Å². The highest BCUT2D eigenvalue weighted by atomic mass is 16.6. The standard InChI is InChI=1S/C36H40N4O8/c1-36-33(44-4)26(38(2)35(42)47-18-17-46-16-15-45-14-13-43-3)19-27(48-36)39-24-11-7-5-9-21(24)29-30-23(20-37-34(30)41)28-22-10-6-8-12-25(22)40(36)32(28)31(29)39/h5-12,26-27,33H,13-20H2,1-4H3,(H,37,41). The van der Waals surface area contributed by atoms with Gasteiger partial charge in [0.25, 0.3) is 5.91 Å². The van der Waals surface area contributed by atoms with Crippen molar-refractivity contribution in [3.05, 3.63) is 59.7 Å². The summed E-state index contributed by atoms with van der Waals surface area (Å²) in [4.78, 5) is 28.8. The molecule has 1 saturated heterocycles. The molecule has 48 heavy (non-hydrogen) atoms. The number of carbonyl (C=O) groups excluding carboxylic acids is 2. The monoisotopic (exact) mass is 656 g/mol. The van der Waals surface area contributed by atoms with Gasteiger partial charge in [0.15, 0.2) is 5.72 Å². The summed E-state index contributed by atoms with van der Waals surface area (Å²) in [7, 11) is 5.05. The smallest absolute Gasteiger partial charge is 0.409 e. The SMILES string of the molecule is COCCOCCOCCOC(=O)N(C)C1CC2OC(C)(C1OC)n1c3ccccc3c3c4c(c5c6ccccc6n2c5c31)C(=O)NC4. The Kier molecular flexibility index (Phi) is 7.80. The Morgan fingerprint density at radius 3 is 2.33 bits per heavy atom. The zero-order valence-electron chi connectivity index (χ0n) is 27.6. The van der Waals surface area contributed by atoms with E-state index < -0.39 is 30.2 Å². The summed E-state index contributed by atoms with van der Waals surface area (Å²) < 4.78 is 39.7. The molecule has 2 amide bonds. The number of methoxy groups -OCH3 is 2. The largest absolute Gasteiger partial charge is 0.447 e. The summed E-state index contributed by atoms with van der Waals surface area (Å²) in [5.41, 5.74) is 4.57. The second-order valence-electron chi connectivity index (χ2n) is 12.8. The van der Waals surface area contributed by atoms with Crippen LogP contribution in [-0.2, 0) is 40.7 Å². The van der Waals surface area contributed by atoms with Crippen LogP contribution < -0.4 is 5.32 Å². The highest BCUT2D eigenvalue weighted by Crippen LogP contribution is 2.54. The molecule has 12 nitrogen and oxygen atoms in total. The van der Waals surface area contributed by atoms with E-state index in [4.69, 9.17) is 28.4 Å². The first-order valence-electron chi connectivity index (χ1n) is 16.4. The lowest BCUT2D eigenvalue weighted by Crippen LogP contribution is -2.61. The first kappa shape index (κ1) is 31.1. The first-order chi connectivity index (χ1) is 23.4. The van der Waals surface area contributed by atoms with Crippen LogP contribution in [0, 0.1) is 0 Å². The van der Waals surface area contributed by atoms with E-state index in [1.807, 2.05) is 31.2 Å². The van der Waals surface area contributed by atoms with Gasteiger partial charge in [-0.25, -0.2) is 4.79 Å². The number of fused-ring (bicyclic) bond motifs is 13. The van der Waals surface area contributed by atoms with Crippen LogP contribution in [0.5, 0.6) is 0 Å². The fourth-order valence-corrected chi connectivity index (χ4v) is 8.28. The molecule has 12 heteroatoms. The van der Waals surface area contributed by atoms with Gasteiger partial charge in [0.05, 0.1) is 66.7 Å². The number of hydrogen-bond acceptors (Lipinski definition) is 8. The highest BCUT2D eigenvalue weighted by molar-refractivity contribution is 6.31. The Balaban J connectivity index is 1.22. The van der Waals surface area contributed by atoms with E-state index in [1.165, 1.54) is 0 Å². The number of carbonyl (C=O) groups is 2. The zero-order chi connectivity index (χ0) is 33.2. The number of rotatable bonds is 11. The number of nitrogens with one attached hydrogen (secondary N) is 1. The summed E-state index contributed by atoms with van der Waals surface area (Å²) >= 11 is 0. The number of aromatic nitrogens is 2. The molecular weight excluding hydrogens is 616 g/mol. The van der Waals surface area contributed by atoms with Crippen molar-refractivity contribution in [2.75, 3.05) is 60.9 Å². The number of para-hydroxylation sites is 2. The number of ether oxygens (including phenoxy) is 6. The molecule has 2 bridgehead atoms. The topological polar surface area (TPSA) is 115 Å². The number of amides is 2. The summed E-state index contributed by atoms with van der Waals surface area (Å²) in [6.45, 7) is 4.72. The number of hydrogen-bond donors (Lipinski definition) is 1. The van der Waals surface area contributed by atoms with E-state index in [9.17, 15) is 9.59 Å². The fraction of sp³-hybridized carbons (Fsp3) is 0.444. The third kappa shape index (κ3) is 4.47. The molecule has 3 aliphatic rings. The van der Waals surface area contributed by atoms with Gasteiger partial charge in [0, 0.05) is 55.8 Å². The van der Waals surface area contributed by atoms with Crippen molar-refractivity contribution in [3.63, 3.8) is 0 Å². The molecule has 8 rings (SSSR count). The summed E-state index contributed by atoms with van der Waals surface area (Å²) in [6, 6.07) is 16.0. The lowest BCUT2D eigenvalue weighted by molar-refractivity contribution is -0.265. The molecule has 3 aromatic carbocycles. The molecule has 0 radical (unpaired) electrons. The fourth-order valence-electron chi connectivity index (χ4n) is 8.28. The van der Waals surface area contributed by atoms with Crippen molar-refractivity contribution < 1.29 is 38.0 Å². The molecule has 1 fully saturated rings. The van der Waals surface area contributed by atoms with Crippen LogP contribution in [0.3, 0.4) is 0 Å². The van der Waals surface area contributed by atoms with Crippen molar-refractivity contribution in [3.8, 4) is 0 Å². The molecule has 5 aromatic rings. The predicted octanol–water partition coefficient (Wildman–Crippen LogP) is 4.88. The van der Waals surface area contributed by atoms with Crippen molar-refractivity contribution in [1.82, 2.24) is 19.4 Å². The van der Waals surface area contributed by atoms with Gasteiger partial charge in [0.1, 0.15) is 18.9 Å². The molecule has 4 atom stereocenters. The maximum atomic E-state index is 13.6. The Bertz CT molecular complexity index is 2070. The molecule has 5 heterocycles. The molecule has 252 valence electrons. The second kappa shape index (κ2) is 12.0. The Morgan fingerprint density at radius 1 is 0.938 bits per heavy atom. The van der Waals surface area contributed by atoms with E-state index in [1.54, 1.807) is 26.2 Å². The lowest BCUT2D eigenvalue weighted by Gasteiger charge is -2.50. The van der Waals surface area contributed by atoms with Crippen LogP contribution in [-0.4, -0.2) is 99.1 Å². The van der Waals surface area contributed by atoms with Crippen molar-refractivity contribution in [2.24, 2.45) is 0 Å². The Morgan fingerprint density at radius 2 is 1.60 bits per heavy atom. The molecule has 0 aliphatic carbocycles. The van der Waals surface area contributed by atoms with Crippen molar-refractivity contribution in [2.45, 2.75) is 44.0 Å². The maximum Gasteiger partial charge on any atom is 0.409 e. The molecule has 1 N–H and O–H groups in total. The van der Waals surface area contributed by atoms with Gasteiger partial charge in [-0.15, -0.1) is 0 Å². The Labute approximate surface area is 277 Å². The average molecular weight is 657 g/mol. The predicted molar refractivity (Wildman–Crippen MR) is 179 cm³/mol. The first-order valence-corrected chi connectivity index (χ1v) is 16.4. The van der Waals surface area contributed by atoms with Gasteiger partial charge >= 0.3 is 6.09 Å². The lowest BCUT2D eigenvalue weighted by atomic mass is 9.92.